The minimum Gasteiger partial charge on any atom is -0.378 e. The van der Waals surface area contributed by atoms with Crippen molar-refractivity contribution in [3.63, 3.8) is 0 Å². The van der Waals surface area contributed by atoms with Gasteiger partial charge in [-0.2, -0.15) is 0 Å². The molecule has 6 nitrogen and oxygen atoms in total. The van der Waals surface area contributed by atoms with Gasteiger partial charge in [-0.3, -0.25) is 4.79 Å². The van der Waals surface area contributed by atoms with Crippen molar-refractivity contribution in [1.29, 1.82) is 0 Å². The van der Waals surface area contributed by atoms with Gasteiger partial charge >= 0.3 is 0 Å². The molecule has 1 aliphatic carbocycles. The Morgan fingerprint density at radius 3 is 2.58 bits per heavy atom. The van der Waals surface area contributed by atoms with Crippen molar-refractivity contribution in [2.24, 2.45) is 5.92 Å². The van der Waals surface area contributed by atoms with E-state index in [1.54, 1.807) is 6.33 Å². The molecule has 1 amide bonds. The van der Waals surface area contributed by atoms with Crippen LogP contribution in [0.4, 0.5) is 5.82 Å². The molecule has 0 aromatic carbocycles. The molecule has 0 N–H and O–H groups in total. The van der Waals surface area contributed by atoms with Crippen LogP contribution in [0.15, 0.2) is 6.33 Å². The number of nitrogens with zero attached hydrogens (tertiary/aromatic N) is 4. The number of carbonyl (C=O) groups excluding carboxylic acids is 1. The van der Waals surface area contributed by atoms with Gasteiger partial charge in [0.05, 0.1) is 13.2 Å². The number of piperidine rings is 1. The monoisotopic (exact) mass is 330 g/mol. The summed E-state index contributed by atoms with van der Waals surface area (Å²) >= 11 is 0. The van der Waals surface area contributed by atoms with Crippen molar-refractivity contribution < 1.29 is 9.53 Å². The lowest BCUT2D eigenvalue weighted by Crippen LogP contribution is -2.47. The SMILES string of the molecule is O=C(C1CCN(c2ncnc3c2CCCC3)CC1)N1CCOCC1. The fraction of sp³-hybridized carbons (Fsp3) is 0.722. The average Bonchev–Trinajstić information content (AvgIpc) is 2.68. The van der Waals surface area contributed by atoms with Crippen molar-refractivity contribution in [3.05, 3.63) is 17.6 Å². The van der Waals surface area contributed by atoms with Crippen LogP contribution in [0, 0.1) is 5.92 Å². The van der Waals surface area contributed by atoms with Crippen LogP contribution in [0.2, 0.25) is 0 Å². The van der Waals surface area contributed by atoms with Gasteiger partial charge in [-0.05, 0) is 38.5 Å². The van der Waals surface area contributed by atoms with Crippen LogP contribution in [0.5, 0.6) is 0 Å². The number of amides is 1. The van der Waals surface area contributed by atoms with Gasteiger partial charge in [-0.15, -0.1) is 0 Å². The number of fused-ring (bicyclic) bond motifs is 1. The van der Waals surface area contributed by atoms with E-state index in [4.69, 9.17) is 4.74 Å². The van der Waals surface area contributed by atoms with E-state index < -0.39 is 0 Å². The van der Waals surface area contributed by atoms with E-state index in [9.17, 15) is 4.79 Å². The second-order valence-electron chi connectivity index (χ2n) is 7.03. The smallest absolute Gasteiger partial charge is 0.225 e. The molecule has 0 atom stereocenters. The van der Waals surface area contributed by atoms with Crippen molar-refractivity contribution in [2.45, 2.75) is 38.5 Å². The van der Waals surface area contributed by atoms with E-state index in [0.29, 0.717) is 19.1 Å². The molecule has 2 fully saturated rings. The Labute approximate surface area is 143 Å². The number of morpholine rings is 1. The van der Waals surface area contributed by atoms with Crippen LogP contribution in [-0.2, 0) is 22.4 Å². The van der Waals surface area contributed by atoms with Crippen LogP contribution in [0.25, 0.3) is 0 Å². The Kier molecular flexibility index (Phi) is 4.65. The molecule has 0 unspecified atom stereocenters. The summed E-state index contributed by atoms with van der Waals surface area (Å²) in [5.74, 6) is 1.61. The van der Waals surface area contributed by atoms with E-state index >= 15 is 0 Å². The third kappa shape index (κ3) is 3.11. The molecule has 2 aliphatic heterocycles. The van der Waals surface area contributed by atoms with E-state index in [0.717, 1.165) is 57.7 Å². The summed E-state index contributed by atoms with van der Waals surface area (Å²) in [6, 6.07) is 0. The number of ether oxygens (including phenoxy) is 1. The lowest BCUT2D eigenvalue weighted by atomic mass is 9.93. The highest BCUT2D eigenvalue weighted by atomic mass is 16.5. The highest BCUT2D eigenvalue weighted by Crippen LogP contribution is 2.30. The lowest BCUT2D eigenvalue weighted by molar-refractivity contribution is -0.140. The fourth-order valence-corrected chi connectivity index (χ4v) is 4.16. The second kappa shape index (κ2) is 7.05. The maximum Gasteiger partial charge on any atom is 0.225 e. The maximum atomic E-state index is 12.7. The Hall–Kier alpha value is -1.69. The third-order valence-corrected chi connectivity index (χ3v) is 5.57. The number of rotatable bonds is 2. The predicted octanol–water partition coefficient (Wildman–Crippen LogP) is 1.43. The molecular formula is C18H26N4O2. The molecule has 2 saturated heterocycles. The molecule has 130 valence electrons. The molecule has 3 aliphatic rings. The number of aromatic nitrogens is 2. The normalized spacial score (nSPS) is 22.3. The summed E-state index contributed by atoms with van der Waals surface area (Å²) in [5.41, 5.74) is 2.58. The van der Waals surface area contributed by atoms with E-state index in [1.165, 1.54) is 24.1 Å². The Balaban J connectivity index is 1.40. The summed E-state index contributed by atoms with van der Waals surface area (Å²) in [6.07, 6.45) is 8.21. The first-order chi connectivity index (χ1) is 11.8. The highest BCUT2D eigenvalue weighted by Gasteiger charge is 2.31. The second-order valence-corrected chi connectivity index (χ2v) is 7.03. The summed E-state index contributed by atoms with van der Waals surface area (Å²) in [7, 11) is 0. The number of anilines is 1. The number of aryl methyl sites for hydroxylation is 1. The zero-order chi connectivity index (χ0) is 16.4. The summed E-state index contributed by atoms with van der Waals surface area (Å²) in [5, 5.41) is 0. The largest absolute Gasteiger partial charge is 0.378 e. The van der Waals surface area contributed by atoms with Gasteiger partial charge in [0.15, 0.2) is 0 Å². The minimum atomic E-state index is 0.164. The number of hydrogen-bond acceptors (Lipinski definition) is 5. The lowest BCUT2D eigenvalue weighted by Gasteiger charge is -2.37. The highest BCUT2D eigenvalue weighted by molar-refractivity contribution is 5.79. The standard InChI is InChI=1S/C18H26N4O2/c23-18(22-9-11-24-12-10-22)14-5-7-21(8-6-14)17-15-3-1-2-4-16(15)19-13-20-17/h13-14H,1-12H2. The zero-order valence-corrected chi connectivity index (χ0v) is 14.2. The molecule has 3 heterocycles. The Morgan fingerprint density at radius 2 is 1.79 bits per heavy atom. The molecule has 24 heavy (non-hydrogen) atoms. The molecule has 1 aromatic rings. The summed E-state index contributed by atoms with van der Waals surface area (Å²) in [6.45, 7) is 4.70. The summed E-state index contributed by atoms with van der Waals surface area (Å²) in [4.78, 5) is 26.1. The van der Waals surface area contributed by atoms with Crippen LogP contribution in [0.3, 0.4) is 0 Å². The van der Waals surface area contributed by atoms with Crippen molar-refractivity contribution in [2.75, 3.05) is 44.3 Å². The van der Waals surface area contributed by atoms with Crippen LogP contribution in [-0.4, -0.2) is 60.2 Å². The van der Waals surface area contributed by atoms with E-state index in [1.807, 2.05) is 4.90 Å². The average molecular weight is 330 g/mol. The Bertz CT molecular complexity index is 593. The van der Waals surface area contributed by atoms with Gasteiger partial charge in [-0.25, -0.2) is 9.97 Å². The van der Waals surface area contributed by atoms with Crippen LogP contribution >= 0.6 is 0 Å². The van der Waals surface area contributed by atoms with Crippen LogP contribution < -0.4 is 4.90 Å². The topological polar surface area (TPSA) is 58.6 Å². The Morgan fingerprint density at radius 1 is 1.04 bits per heavy atom. The molecule has 0 spiro atoms. The van der Waals surface area contributed by atoms with Crippen LogP contribution in [0.1, 0.15) is 36.9 Å². The van der Waals surface area contributed by atoms with Crippen molar-refractivity contribution in [3.8, 4) is 0 Å². The maximum absolute atomic E-state index is 12.7. The molecule has 6 heteroatoms. The third-order valence-electron chi connectivity index (χ3n) is 5.57. The fourth-order valence-electron chi connectivity index (χ4n) is 4.16. The number of hydrogen-bond donors (Lipinski definition) is 0. The quantitative estimate of drug-likeness (QED) is 0.821. The summed E-state index contributed by atoms with van der Waals surface area (Å²) < 4.78 is 5.35. The molecule has 4 rings (SSSR count). The first-order valence-electron chi connectivity index (χ1n) is 9.27. The van der Waals surface area contributed by atoms with Crippen molar-refractivity contribution >= 4 is 11.7 Å². The number of carbonyl (C=O) groups is 1. The first-order valence-corrected chi connectivity index (χ1v) is 9.27. The molecule has 0 bridgehead atoms. The van der Waals surface area contributed by atoms with Gasteiger partial charge in [0.25, 0.3) is 0 Å². The predicted molar refractivity (Wildman–Crippen MR) is 91.0 cm³/mol. The molecular weight excluding hydrogens is 304 g/mol. The first kappa shape index (κ1) is 15.8. The van der Waals surface area contributed by atoms with Gasteiger partial charge in [-0.1, -0.05) is 0 Å². The van der Waals surface area contributed by atoms with E-state index in [2.05, 4.69) is 14.9 Å². The van der Waals surface area contributed by atoms with Gasteiger partial charge in [0.1, 0.15) is 12.1 Å². The zero-order valence-electron chi connectivity index (χ0n) is 14.2. The molecule has 0 radical (unpaired) electrons. The van der Waals surface area contributed by atoms with E-state index in [-0.39, 0.29) is 5.92 Å². The molecule has 0 saturated carbocycles. The molecule has 1 aromatic heterocycles. The van der Waals surface area contributed by atoms with Gasteiger partial charge in [0, 0.05) is 43.4 Å². The van der Waals surface area contributed by atoms with Crippen molar-refractivity contribution in [1.82, 2.24) is 14.9 Å². The minimum absolute atomic E-state index is 0.164. The van der Waals surface area contributed by atoms with Gasteiger partial charge in [0.2, 0.25) is 5.91 Å². The van der Waals surface area contributed by atoms with Gasteiger partial charge < -0.3 is 14.5 Å².